The molecule has 3 fully saturated rings. The maximum Gasteiger partial charge on any atom is 0.00319 e. The van der Waals surface area contributed by atoms with Crippen LogP contribution >= 0.6 is 0 Å². The lowest BCUT2D eigenvalue weighted by Crippen LogP contribution is -2.49. The van der Waals surface area contributed by atoms with Crippen molar-refractivity contribution in [1.82, 2.24) is 9.80 Å². The molecule has 3 saturated carbocycles. The van der Waals surface area contributed by atoms with Crippen molar-refractivity contribution in [3.05, 3.63) is 0 Å². The summed E-state index contributed by atoms with van der Waals surface area (Å²) >= 11 is 0. The standard InChI is InChI=1S/C14H28N2/c1-15(2)11-13-5-8-14(9-6-13,10-7-13)12-16(3)4/h5-12H2,1-4H3. The first-order valence-electron chi connectivity index (χ1n) is 6.75. The molecule has 0 unspecified atom stereocenters. The van der Waals surface area contributed by atoms with Crippen molar-refractivity contribution >= 4 is 0 Å². The Hall–Kier alpha value is -0.0800. The SMILES string of the molecule is CN(C)CC12CCC(CN(C)C)(CC1)CC2. The van der Waals surface area contributed by atoms with Gasteiger partial charge < -0.3 is 9.80 Å². The van der Waals surface area contributed by atoms with Crippen LogP contribution in [-0.2, 0) is 0 Å². The predicted molar refractivity (Wildman–Crippen MR) is 69.7 cm³/mol. The van der Waals surface area contributed by atoms with E-state index in [1.54, 1.807) is 0 Å². The van der Waals surface area contributed by atoms with Crippen LogP contribution < -0.4 is 0 Å². The predicted octanol–water partition coefficient (Wildman–Crippen LogP) is 2.45. The zero-order chi connectivity index (χ0) is 11.8. The van der Waals surface area contributed by atoms with E-state index in [2.05, 4.69) is 38.0 Å². The van der Waals surface area contributed by atoms with Crippen molar-refractivity contribution in [3.63, 3.8) is 0 Å². The van der Waals surface area contributed by atoms with Crippen LogP contribution in [0.5, 0.6) is 0 Å². The molecule has 3 aliphatic rings. The van der Waals surface area contributed by atoms with Crippen LogP contribution in [0.25, 0.3) is 0 Å². The first-order chi connectivity index (χ1) is 7.45. The Labute approximate surface area is 101 Å². The molecule has 2 heteroatoms. The van der Waals surface area contributed by atoms with Gasteiger partial charge in [-0.3, -0.25) is 0 Å². The number of fused-ring (bicyclic) bond motifs is 3. The van der Waals surface area contributed by atoms with E-state index >= 15 is 0 Å². The second-order valence-electron chi connectivity index (χ2n) is 6.98. The van der Waals surface area contributed by atoms with Gasteiger partial charge in [-0.2, -0.15) is 0 Å². The van der Waals surface area contributed by atoms with Gasteiger partial charge in [-0.15, -0.1) is 0 Å². The number of rotatable bonds is 4. The van der Waals surface area contributed by atoms with Crippen molar-refractivity contribution in [1.29, 1.82) is 0 Å². The first-order valence-corrected chi connectivity index (χ1v) is 6.75. The van der Waals surface area contributed by atoms with Gasteiger partial charge in [-0.1, -0.05) is 0 Å². The molecule has 2 bridgehead atoms. The molecule has 3 aliphatic carbocycles. The minimum absolute atomic E-state index is 0.678. The molecule has 0 aromatic rings. The van der Waals surface area contributed by atoms with E-state index in [1.807, 2.05) is 0 Å². The molecule has 0 radical (unpaired) electrons. The molecule has 0 N–H and O–H groups in total. The van der Waals surface area contributed by atoms with Gasteiger partial charge in [0, 0.05) is 13.1 Å². The fourth-order valence-corrected chi connectivity index (χ4v) is 4.16. The summed E-state index contributed by atoms with van der Waals surface area (Å²) in [5.74, 6) is 0. The maximum absolute atomic E-state index is 2.39. The van der Waals surface area contributed by atoms with Crippen LogP contribution in [0.15, 0.2) is 0 Å². The molecule has 0 spiro atoms. The van der Waals surface area contributed by atoms with Gasteiger partial charge in [-0.05, 0) is 77.5 Å². The van der Waals surface area contributed by atoms with Gasteiger partial charge >= 0.3 is 0 Å². The van der Waals surface area contributed by atoms with Crippen LogP contribution in [0.3, 0.4) is 0 Å². The third kappa shape index (κ3) is 2.43. The molecule has 0 saturated heterocycles. The Morgan fingerprint density at radius 2 is 0.875 bits per heavy atom. The summed E-state index contributed by atoms with van der Waals surface area (Å²) in [4.78, 5) is 4.79. The minimum atomic E-state index is 0.678. The lowest BCUT2D eigenvalue weighted by Gasteiger charge is -2.55. The fourth-order valence-electron chi connectivity index (χ4n) is 4.16. The third-order valence-corrected chi connectivity index (χ3v) is 4.86. The molecule has 16 heavy (non-hydrogen) atoms. The zero-order valence-corrected chi connectivity index (χ0v) is 11.6. The van der Waals surface area contributed by atoms with Crippen molar-refractivity contribution in [2.24, 2.45) is 10.8 Å². The summed E-state index contributed by atoms with van der Waals surface area (Å²) in [5, 5.41) is 0. The molecule has 0 aromatic carbocycles. The van der Waals surface area contributed by atoms with Gasteiger partial charge in [0.25, 0.3) is 0 Å². The van der Waals surface area contributed by atoms with E-state index in [0.717, 1.165) is 0 Å². The monoisotopic (exact) mass is 224 g/mol. The molecule has 0 aliphatic heterocycles. The number of hydrogen-bond donors (Lipinski definition) is 0. The highest BCUT2D eigenvalue weighted by atomic mass is 15.1. The van der Waals surface area contributed by atoms with Crippen molar-refractivity contribution in [3.8, 4) is 0 Å². The average Bonchev–Trinajstić information content (AvgIpc) is 2.18. The van der Waals surface area contributed by atoms with Crippen LogP contribution in [0.1, 0.15) is 38.5 Å². The molecule has 94 valence electrons. The van der Waals surface area contributed by atoms with Gasteiger partial charge in [0.2, 0.25) is 0 Å². The van der Waals surface area contributed by atoms with Crippen molar-refractivity contribution < 1.29 is 0 Å². The second-order valence-corrected chi connectivity index (χ2v) is 6.98. The van der Waals surface area contributed by atoms with E-state index in [0.29, 0.717) is 10.8 Å². The molecule has 3 rings (SSSR count). The van der Waals surface area contributed by atoms with E-state index in [-0.39, 0.29) is 0 Å². The van der Waals surface area contributed by atoms with Crippen LogP contribution in [0.2, 0.25) is 0 Å². The van der Waals surface area contributed by atoms with Crippen LogP contribution in [-0.4, -0.2) is 51.1 Å². The van der Waals surface area contributed by atoms with Crippen molar-refractivity contribution in [2.75, 3.05) is 41.3 Å². The largest absolute Gasteiger partial charge is 0.309 e. The van der Waals surface area contributed by atoms with E-state index < -0.39 is 0 Å². The molecule has 2 nitrogen and oxygen atoms in total. The lowest BCUT2D eigenvalue weighted by atomic mass is 9.53. The molecule has 0 heterocycles. The average molecular weight is 224 g/mol. The summed E-state index contributed by atoms with van der Waals surface area (Å²) < 4.78 is 0. The van der Waals surface area contributed by atoms with Gasteiger partial charge in [0.05, 0.1) is 0 Å². The molecule has 0 aromatic heterocycles. The lowest BCUT2D eigenvalue weighted by molar-refractivity contribution is -0.0344. The Morgan fingerprint density at radius 1 is 0.625 bits per heavy atom. The van der Waals surface area contributed by atoms with Crippen LogP contribution in [0.4, 0.5) is 0 Å². The summed E-state index contributed by atoms with van der Waals surface area (Å²) in [6.45, 7) is 2.62. The highest BCUT2D eigenvalue weighted by Gasteiger charge is 2.48. The Kier molecular flexibility index (Phi) is 3.33. The maximum atomic E-state index is 2.39. The first kappa shape index (κ1) is 12.4. The van der Waals surface area contributed by atoms with E-state index in [9.17, 15) is 0 Å². The third-order valence-electron chi connectivity index (χ3n) is 4.86. The Bertz CT molecular complexity index is 195. The number of nitrogens with zero attached hydrogens (tertiary/aromatic N) is 2. The quantitative estimate of drug-likeness (QED) is 0.724. The zero-order valence-electron chi connectivity index (χ0n) is 11.6. The van der Waals surface area contributed by atoms with Crippen LogP contribution in [0, 0.1) is 10.8 Å². The van der Waals surface area contributed by atoms with E-state index in [4.69, 9.17) is 0 Å². The highest BCUT2D eigenvalue weighted by molar-refractivity contribution is 5.00. The summed E-state index contributed by atoms with van der Waals surface area (Å²) in [6.07, 6.45) is 8.83. The molecule has 0 amide bonds. The normalized spacial score (nSPS) is 38.6. The second kappa shape index (κ2) is 4.30. The molecular weight excluding hydrogens is 196 g/mol. The topological polar surface area (TPSA) is 6.48 Å². The molecular formula is C14H28N2. The smallest absolute Gasteiger partial charge is 0.00319 e. The summed E-state index contributed by atoms with van der Waals surface area (Å²) in [7, 11) is 8.91. The highest BCUT2D eigenvalue weighted by Crippen LogP contribution is 2.57. The van der Waals surface area contributed by atoms with Crippen molar-refractivity contribution in [2.45, 2.75) is 38.5 Å². The van der Waals surface area contributed by atoms with Gasteiger partial charge in [-0.25, -0.2) is 0 Å². The minimum Gasteiger partial charge on any atom is -0.309 e. The fraction of sp³-hybridized carbons (Fsp3) is 1.00. The molecule has 0 atom stereocenters. The Balaban J connectivity index is 1.97. The number of hydrogen-bond acceptors (Lipinski definition) is 2. The van der Waals surface area contributed by atoms with Gasteiger partial charge in [0.1, 0.15) is 0 Å². The Morgan fingerprint density at radius 3 is 1.06 bits per heavy atom. The van der Waals surface area contributed by atoms with Gasteiger partial charge in [0.15, 0.2) is 0 Å². The van der Waals surface area contributed by atoms with E-state index in [1.165, 1.54) is 51.6 Å². The summed E-state index contributed by atoms with van der Waals surface area (Å²) in [6, 6.07) is 0. The summed E-state index contributed by atoms with van der Waals surface area (Å²) in [5.41, 5.74) is 1.36.